The molecule has 0 unspecified atom stereocenters. The first kappa shape index (κ1) is 17.9. The van der Waals surface area contributed by atoms with Gasteiger partial charge in [0.15, 0.2) is 0 Å². The molecule has 120 valence electrons. The predicted molar refractivity (Wildman–Crippen MR) is 86.8 cm³/mol. The van der Waals surface area contributed by atoms with Gasteiger partial charge in [0, 0.05) is 31.0 Å². The molecule has 0 radical (unpaired) electrons. The van der Waals surface area contributed by atoms with Crippen LogP contribution in [0.1, 0.15) is 42.8 Å². The van der Waals surface area contributed by atoms with Gasteiger partial charge in [0.05, 0.1) is 10.7 Å². The van der Waals surface area contributed by atoms with Gasteiger partial charge in [0.1, 0.15) is 0 Å². The van der Waals surface area contributed by atoms with E-state index in [1.54, 1.807) is 11.3 Å². The Kier molecular flexibility index (Phi) is 7.11. The van der Waals surface area contributed by atoms with Crippen molar-refractivity contribution in [1.29, 1.82) is 0 Å². The summed E-state index contributed by atoms with van der Waals surface area (Å²) < 4.78 is 0. The fourth-order valence-corrected chi connectivity index (χ4v) is 3.00. The van der Waals surface area contributed by atoms with Gasteiger partial charge in [0.25, 0.3) is 0 Å². The Morgan fingerprint density at radius 2 is 2.10 bits per heavy atom. The highest BCUT2D eigenvalue weighted by atomic mass is 32.1. The number of aromatic nitrogens is 1. The Labute approximate surface area is 131 Å². The molecule has 0 aliphatic carbocycles. The number of carbonyl (C=O) groups excluding carboxylic acids is 1. The van der Waals surface area contributed by atoms with Crippen molar-refractivity contribution in [3.63, 3.8) is 0 Å². The summed E-state index contributed by atoms with van der Waals surface area (Å²) in [5, 5.41) is 15.7. The van der Waals surface area contributed by atoms with Gasteiger partial charge in [-0.3, -0.25) is 0 Å². The van der Waals surface area contributed by atoms with Gasteiger partial charge in [0.2, 0.25) is 0 Å². The smallest absolute Gasteiger partial charge is 0.314 e. The highest BCUT2D eigenvalue weighted by Gasteiger charge is 2.17. The third-order valence-electron chi connectivity index (χ3n) is 3.41. The van der Waals surface area contributed by atoms with Gasteiger partial charge < -0.3 is 15.7 Å². The Balaban J connectivity index is 2.27. The number of aryl methyl sites for hydroxylation is 2. The molecule has 0 spiro atoms. The Morgan fingerprint density at radius 1 is 1.38 bits per heavy atom. The summed E-state index contributed by atoms with van der Waals surface area (Å²) in [4.78, 5) is 17.5. The van der Waals surface area contributed by atoms with Gasteiger partial charge in [-0.2, -0.15) is 0 Å². The zero-order chi connectivity index (χ0) is 15.9. The summed E-state index contributed by atoms with van der Waals surface area (Å²) >= 11 is 1.70. The maximum Gasteiger partial charge on any atom is 0.314 e. The SMILES string of the molecule is CCc1nc(CCNC(=O)NCC(C)(C)CCO)sc1C. The van der Waals surface area contributed by atoms with Crippen LogP contribution in [-0.2, 0) is 12.8 Å². The van der Waals surface area contributed by atoms with Gasteiger partial charge in [-0.05, 0) is 25.2 Å². The number of nitrogens with one attached hydrogen (secondary N) is 2. The number of thiazole rings is 1. The highest BCUT2D eigenvalue weighted by molar-refractivity contribution is 7.11. The molecule has 21 heavy (non-hydrogen) atoms. The number of rotatable bonds is 8. The first-order valence-corrected chi connectivity index (χ1v) is 8.27. The van der Waals surface area contributed by atoms with Crippen LogP contribution < -0.4 is 10.6 Å². The van der Waals surface area contributed by atoms with Crippen molar-refractivity contribution >= 4 is 17.4 Å². The monoisotopic (exact) mass is 313 g/mol. The molecule has 0 aromatic carbocycles. The zero-order valence-corrected chi connectivity index (χ0v) is 14.3. The standard InChI is InChI=1S/C15H27N3O2S/c1-5-12-11(2)21-13(18-12)6-8-16-14(20)17-10-15(3,4)7-9-19/h19H,5-10H2,1-4H3,(H2,16,17,20). The molecule has 2 amide bonds. The second-order valence-electron chi connectivity index (χ2n) is 5.96. The Morgan fingerprint density at radius 3 is 2.67 bits per heavy atom. The third-order valence-corrected chi connectivity index (χ3v) is 4.49. The number of amides is 2. The molecule has 1 aromatic rings. The molecule has 5 nitrogen and oxygen atoms in total. The van der Waals surface area contributed by atoms with Crippen LogP contribution >= 0.6 is 11.3 Å². The average molecular weight is 313 g/mol. The molecule has 6 heteroatoms. The van der Waals surface area contributed by atoms with E-state index in [4.69, 9.17) is 5.11 Å². The van der Waals surface area contributed by atoms with Crippen LogP contribution in [0.4, 0.5) is 4.79 Å². The van der Waals surface area contributed by atoms with E-state index in [1.165, 1.54) is 4.88 Å². The van der Waals surface area contributed by atoms with E-state index < -0.39 is 0 Å². The van der Waals surface area contributed by atoms with E-state index >= 15 is 0 Å². The molecular formula is C15H27N3O2S. The highest BCUT2D eigenvalue weighted by Crippen LogP contribution is 2.18. The van der Waals surface area contributed by atoms with Crippen LogP contribution in [0, 0.1) is 12.3 Å². The number of carbonyl (C=O) groups is 1. The molecule has 0 bridgehead atoms. The summed E-state index contributed by atoms with van der Waals surface area (Å²) in [6, 6.07) is -0.162. The lowest BCUT2D eigenvalue weighted by atomic mass is 9.90. The van der Waals surface area contributed by atoms with Crippen molar-refractivity contribution in [2.75, 3.05) is 19.7 Å². The zero-order valence-electron chi connectivity index (χ0n) is 13.5. The molecule has 1 aromatic heterocycles. The number of nitrogens with zero attached hydrogens (tertiary/aromatic N) is 1. The van der Waals surface area contributed by atoms with Crippen molar-refractivity contribution in [1.82, 2.24) is 15.6 Å². The van der Waals surface area contributed by atoms with E-state index in [-0.39, 0.29) is 18.1 Å². The van der Waals surface area contributed by atoms with Crippen LogP contribution in [0.25, 0.3) is 0 Å². The summed E-state index contributed by atoms with van der Waals surface area (Å²) in [5.74, 6) is 0. The fraction of sp³-hybridized carbons (Fsp3) is 0.733. The van der Waals surface area contributed by atoms with Crippen LogP contribution in [0.5, 0.6) is 0 Å². The van der Waals surface area contributed by atoms with Crippen molar-refractivity contribution in [2.24, 2.45) is 5.41 Å². The van der Waals surface area contributed by atoms with Crippen LogP contribution in [0.15, 0.2) is 0 Å². The van der Waals surface area contributed by atoms with Gasteiger partial charge in [-0.25, -0.2) is 9.78 Å². The molecule has 1 heterocycles. The van der Waals surface area contributed by atoms with E-state index in [9.17, 15) is 4.79 Å². The maximum absolute atomic E-state index is 11.7. The van der Waals surface area contributed by atoms with Crippen molar-refractivity contribution in [2.45, 2.75) is 47.0 Å². The third kappa shape index (κ3) is 6.44. The van der Waals surface area contributed by atoms with Crippen LogP contribution in [-0.4, -0.2) is 35.8 Å². The van der Waals surface area contributed by atoms with Gasteiger partial charge in [-0.15, -0.1) is 11.3 Å². The van der Waals surface area contributed by atoms with E-state index in [0.29, 0.717) is 19.5 Å². The topological polar surface area (TPSA) is 74.2 Å². The van der Waals surface area contributed by atoms with Crippen molar-refractivity contribution in [3.05, 3.63) is 15.6 Å². The summed E-state index contributed by atoms with van der Waals surface area (Å²) in [6.45, 7) is 9.51. The quantitative estimate of drug-likeness (QED) is 0.689. The van der Waals surface area contributed by atoms with E-state index in [1.807, 2.05) is 13.8 Å². The predicted octanol–water partition coefficient (Wildman–Crippen LogP) is 2.26. The van der Waals surface area contributed by atoms with Crippen LogP contribution in [0.2, 0.25) is 0 Å². The molecule has 1 rings (SSSR count). The normalized spacial score (nSPS) is 11.5. The molecule has 0 fully saturated rings. The molecular weight excluding hydrogens is 286 g/mol. The molecule has 0 atom stereocenters. The number of hydrogen-bond donors (Lipinski definition) is 3. The van der Waals surface area contributed by atoms with Crippen molar-refractivity contribution < 1.29 is 9.90 Å². The van der Waals surface area contributed by atoms with Gasteiger partial charge in [-0.1, -0.05) is 20.8 Å². The first-order chi connectivity index (χ1) is 9.88. The molecule has 0 saturated heterocycles. The lowest BCUT2D eigenvalue weighted by Gasteiger charge is -2.23. The molecule has 0 saturated carbocycles. The molecule has 0 aliphatic heterocycles. The van der Waals surface area contributed by atoms with E-state index in [0.717, 1.165) is 23.5 Å². The number of urea groups is 1. The largest absolute Gasteiger partial charge is 0.396 e. The number of aliphatic hydroxyl groups excluding tert-OH is 1. The summed E-state index contributed by atoms with van der Waals surface area (Å²) in [7, 11) is 0. The first-order valence-electron chi connectivity index (χ1n) is 7.45. The number of aliphatic hydroxyl groups is 1. The summed E-state index contributed by atoms with van der Waals surface area (Å²) in [5.41, 5.74) is 1.07. The summed E-state index contributed by atoms with van der Waals surface area (Å²) in [6.07, 6.45) is 2.39. The lowest BCUT2D eigenvalue weighted by Crippen LogP contribution is -2.41. The second-order valence-corrected chi connectivity index (χ2v) is 7.25. The second kappa shape index (κ2) is 8.34. The molecule has 3 N–H and O–H groups in total. The fourth-order valence-electron chi connectivity index (χ4n) is 1.98. The maximum atomic E-state index is 11.7. The minimum Gasteiger partial charge on any atom is -0.396 e. The molecule has 0 aliphatic rings. The van der Waals surface area contributed by atoms with Crippen LogP contribution in [0.3, 0.4) is 0 Å². The Hall–Kier alpha value is -1.14. The minimum atomic E-state index is -0.162. The van der Waals surface area contributed by atoms with Crippen molar-refractivity contribution in [3.8, 4) is 0 Å². The van der Waals surface area contributed by atoms with E-state index in [2.05, 4.69) is 29.5 Å². The lowest BCUT2D eigenvalue weighted by molar-refractivity contribution is 0.201. The number of hydrogen-bond acceptors (Lipinski definition) is 4. The minimum absolute atomic E-state index is 0.0888. The Bertz CT molecular complexity index is 458. The van der Waals surface area contributed by atoms with Gasteiger partial charge >= 0.3 is 6.03 Å². The average Bonchev–Trinajstić information content (AvgIpc) is 2.77.